The molecule has 0 radical (unpaired) electrons. The van der Waals surface area contributed by atoms with E-state index in [1.165, 1.54) is 18.4 Å². The summed E-state index contributed by atoms with van der Waals surface area (Å²) in [7, 11) is 0. The monoisotopic (exact) mass is 252 g/mol. The molecule has 1 aliphatic heterocycles. The standard InChI is InChI=1S/C14H21ClN2/c1-10-4-5-17(12(3)6-10)14-8-13(9-15)7-11(2)16-14/h7-8,10,12H,4-6,9H2,1-3H3. The third-order valence-electron chi connectivity index (χ3n) is 3.59. The summed E-state index contributed by atoms with van der Waals surface area (Å²) >= 11 is 5.92. The van der Waals surface area contributed by atoms with Crippen molar-refractivity contribution in [2.75, 3.05) is 11.4 Å². The Bertz CT molecular complexity index is 392. The molecular formula is C14H21ClN2. The van der Waals surface area contributed by atoms with Gasteiger partial charge in [-0.05, 0) is 50.3 Å². The van der Waals surface area contributed by atoms with Gasteiger partial charge in [0, 0.05) is 24.2 Å². The molecule has 2 heterocycles. The first kappa shape index (κ1) is 12.7. The maximum atomic E-state index is 5.92. The number of anilines is 1. The van der Waals surface area contributed by atoms with Crippen LogP contribution >= 0.6 is 11.6 Å². The zero-order valence-corrected chi connectivity index (χ0v) is 11.7. The molecule has 1 fully saturated rings. The van der Waals surface area contributed by atoms with Crippen LogP contribution in [0.1, 0.15) is 37.9 Å². The molecule has 2 atom stereocenters. The number of nitrogens with zero attached hydrogens (tertiary/aromatic N) is 2. The molecule has 3 heteroatoms. The minimum absolute atomic E-state index is 0.564. The van der Waals surface area contributed by atoms with E-state index in [1.807, 2.05) is 6.92 Å². The third kappa shape index (κ3) is 2.92. The van der Waals surface area contributed by atoms with Crippen LogP contribution in [0.2, 0.25) is 0 Å². The van der Waals surface area contributed by atoms with Crippen LogP contribution in [0.4, 0.5) is 5.82 Å². The van der Waals surface area contributed by atoms with Crippen LogP contribution in [-0.2, 0) is 5.88 Å². The molecule has 1 aliphatic rings. The number of aromatic nitrogens is 1. The van der Waals surface area contributed by atoms with Gasteiger partial charge in [0.1, 0.15) is 5.82 Å². The number of alkyl halides is 1. The van der Waals surface area contributed by atoms with Crippen molar-refractivity contribution < 1.29 is 0 Å². The number of piperidine rings is 1. The minimum Gasteiger partial charge on any atom is -0.354 e. The van der Waals surface area contributed by atoms with E-state index >= 15 is 0 Å². The van der Waals surface area contributed by atoms with Gasteiger partial charge in [0.2, 0.25) is 0 Å². The van der Waals surface area contributed by atoms with Gasteiger partial charge in [-0.2, -0.15) is 0 Å². The Morgan fingerprint density at radius 3 is 2.82 bits per heavy atom. The quantitative estimate of drug-likeness (QED) is 0.746. The molecule has 1 saturated heterocycles. The Balaban J connectivity index is 2.24. The molecule has 0 N–H and O–H groups in total. The smallest absolute Gasteiger partial charge is 0.129 e. The Morgan fingerprint density at radius 2 is 2.18 bits per heavy atom. The summed E-state index contributed by atoms with van der Waals surface area (Å²) in [6.07, 6.45) is 2.52. The van der Waals surface area contributed by atoms with Gasteiger partial charge in [-0.25, -0.2) is 4.98 Å². The van der Waals surface area contributed by atoms with Crippen molar-refractivity contribution in [2.24, 2.45) is 5.92 Å². The van der Waals surface area contributed by atoms with Gasteiger partial charge in [0.15, 0.2) is 0 Å². The normalized spacial score (nSPS) is 25.1. The van der Waals surface area contributed by atoms with Crippen LogP contribution in [-0.4, -0.2) is 17.6 Å². The number of rotatable bonds is 2. The van der Waals surface area contributed by atoms with Gasteiger partial charge in [-0.15, -0.1) is 11.6 Å². The Labute approximate surface area is 109 Å². The summed E-state index contributed by atoms with van der Waals surface area (Å²) in [5.41, 5.74) is 2.23. The lowest BCUT2D eigenvalue weighted by atomic mass is 9.93. The highest BCUT2D eigenvalue weighted by Gasteiger charge is 2.24. The second-order valence-electron chi connectivity index (χ2n) is 5.28. The van der Waals surface area contributed by atoms with Crippen molar-refractivity contribution in [3.8, 4) is 0 Å². The largest absolute Gasteiger partial charge is 0.354 e. The Morgan fingerprint density at radius 1 is 1.41 bits per heavy atom. The molecule has 2 rings (SSSR count). The lowest BCUT2D eigenvalue weighted by Gasteiger charge is -2.37. The minimum atomic E-state index is 0.564. The lowest BCUT2D eigenvalue weighted by molar-refractivity contribution is 0.376. The zero-order valence-electron chi connectivity index (χ0n) is 10.9. The molecular weight excluding hydrogens is 232 g/mol. The highest BCUT2D eigenvalue weighted by atomic mass is 35.5. The average Bonchev–Trinajstić information content (AvgIpc) is 2.28. The molecule has 0 aliphatic carbocycles. The van der Waals surface area contributed by atoms with Gasteiger partial charge in [-0.1, -0.05) is 6.92 Å². The van der Waals surface area contributed by atoms with Crippen LogP contribution in [0.3, 0.4) is 0 Å². The summed E-state index contributed by atoms with van der Waals surface area (Å²) in [5, 5.41) is 0. The fourth-order valence-electron chi connectivity index (χ4n) is 2.69. The predicted octanol–water partition coefficient (Wildman–Crippen LogP) is 3.75. The van der Waals surface area contributed by atoms with Crippen molar-refractivity contribution >= 4 is 17.4 Å². The Hall–Kier alpha value is -0.760. The van der Waals surface area contributed by atoms with Crippen LogP contribution in [0.25, 0.3) is 0 Å². The number of hydrogen-bond acceptors (Lipinski definition) is 2. The molecule has 2 nitrogen and oxygen atoms in total. The topological polar surface area (TPSA) is 16.1 Å². The van der Waals surface area contributed by atoms with Crippen LogP contribution in [0.5, 0.6) is 0 Å². The molecule has 94 valence electrons. The van der Waals surface area contributed by atoms with Crippen molar-refractivity contribution in [3.05, 3.63) is 23.4 Å². The van der Waals surface area contributed by atoms with E-state index in [0.717, 1.165) is 24.0 Å². The molecule has 17 heavy (non-hydrogen) atoms. The SMILES string of the molecule is Cc1cc(CCl)cc(N2CCC(C)CC2C)n1. The average molecular weight is 253 g/mol. The van der Waals surface area contributed by atoms with E-state index in [1.54, 1.807) is 0 Å². The van der Waals surface area contributed by atoms with E-state index in [4.69, 9.17) is 11.6 Å². The summed E-state index contributed by atoms with van der Waals surface area (Å²) in [6, 6.07) is 4.77. The van der Waals surface area contributed by atoms with Crippen LogP contribution < -0.4 is 4.90 Å². The molecule has 0 amide bonds. The van der Waals surface area contributed by atoms with Crippen molar-refractivity contribution in [1.82, 2.24) is 4.98 Å². The van der Waals surface area contributed by atoms with Gasteiger partial charge >= 0.3 is 0 Å². The number of hydrogen-bond donors (Lipinski definition) is 0. The van der Waals surface area contributed by atoms with E-state index < -0.39 is 0 Å². The maximum Gasteiger partial charge on any atom is 0.129 e. The second kappa shape index (κ2) is 5.26. The fraction of sp³-hybridized carbons (Fsp3) is 0.643. The van der Waals surface area contributed by atoms with E-state index in [2.05, 4.69) is 35.9 Å². The van der Waals surface area contributed by atoms with E-state index in [0.29, 0.717) is 11.9 Å². The Kier molecular flexibility index (Phi) is 3.93. The number of halogens is 1. The van der Waals surface area contributed by atoms with Crippen molar-refractivity contribution in [2.45, 2.75) is 45.5 Å². The molecule has 2 unspecified atom stereocenters. The second-order valence-corrected chi connectivity index (χ2v) is 5.55. The number of pyridine rings is 1. The van der Waals surface area contributed by atoms with E-state index in [-0.39, 0.29) is 0 Å². The number of aryl methyl sites for hydroxylation is 1. The van der Waals surface area contributed by atoms with Crippen molar-refractivity contribution in [3.63, 3.8) is 0 Å². The maximum absolute atomic E-state index is 5.92. The molecule has 0 spiro atoms. The first-order valence-electron chi connectivity index (χ1n) is 6.40. The van der Waals surface area contributed by atoms with Gasteiger partial charge in [0.25, 0.3) is 0 Å². The third-order valence-corrected chi connectivity index (χ3v) is 3.90. The van der Waals surface area contributed by atoms with Gasteiger partial charge in [0.05, 0.1) is 0 Å². The molecule has 0 saturated carbocycles. The summed E-state index contributed by atoms with van der Waals surface area (Å²) < 4.78 is 0. The highest BCUT2D eigenvalue weighted by molar-refractivity contribution is 6.17. The van der Waals surface area contributed by atoms with Crippen LogP contribution in [0, 0.1) is 12.8 Å². The molecule has 0 bridgehead atoms. The molecule has 1 aromatic heterocycles. The molecule has 0 aromatic carbocycles. The molecule has 1 aromatic rings. The first-order valence-corrected chi connectivity index (χ1v) is 6.93. The predicted molar refractivity (Wildman–Crippen MR) is 73.7 cm³/mol. The van der Waals surface area contributed by atoms with Gasteiger partial charge < -0.3 is 4.90 Å². The van der Waals surface area contributed by atoms with Crippen molar-refractivity contribution in [1.29, 1.82) is 0 Å². The highest BCUT2D eigenvalue weighted by Crippen LogP contribution is 2.27. The first-order chi connectivity index (χ1) is 8.10. The zero-order chi connectivity index (χ0) is 12.4. The van der Waals surface area contributed by atoms with Gasteiger partial charge in [-0.3, -0.25) is 0 Å². The summed E-state index contributed by atoms with van der Waals surface area (Å²) in [5.74, 6) is 2.49. The lowest BCUT2D eigenvalue weighted by Crippen LogP contribution is -2.40. The van der Waals surface area contributed by atoms with E-state index in [9.17, 15) is 0 Å². The fourth-order valence-corrected chi connectivity index (χ4v) is 2.85. The van der Waals surface area contributed by atoms with Crippen LogP contribution in [0.15, 0.2) is 12.1 Å². The summed E-state index contributed by atoms with van der Waals surface area (Å²) in [4.78, 5) is 7.07. The summed E-state index contributed by atoms with van der Waals surface area (Å²) in [6.45, 7) is 7.78.